The molecule has 8 heteroatoms. The highest BCUT2D eigenvalue weighted by atomic mass is 19.4. The topological polar surface area (TPSA) is 82.3 Å². The van der Waals surface area contributed by atoms with Crippen molar-refractivity contribution in [1.82, 2.24) is 16.0 Å². The summed E-state index contributed by atoms with van der Waals surface area (Å²) in [5.74, 6) is 0.957. The minimum atomic E-state index is -4.38. The minimum Gasteiger partial charge on any atom is -0.394 e. The average Bonchev–Trinajstić information content (AvgIpc) is 3.06. The van der Waals surface area contributed by atoms with Gasteiger partial charge in [-0.05, 0) is 30.7 Å². The second kappa shape index (κ2) is 7.98. The van der Waals surface area contributed by atoms with Gasteiger partial charge in [-0.3, -0.25) is 0 Å². The smallest absolute Gasteiger partial charge is 0.394 e. The summed E-state index contributed by atoms with van der Waals surface area (Å²) in [5.41, 5.74) is 6.06. The number of nitrogens with one attached hydrogen (secondary N) is 3. The highest BCUT2D eigenvalue weighted by molar-refractivity contribution is 5.68. The number of hydrogen-bond acceptors (Lipinski definition) is 5. The molecular weight excluding hydrogens is 333 g/mol. The normalized spacial score (nSPS) is 17.7. The van der Waals surface area contributed by atoms with Crippen LogP contribution in [0.4, 0.5) is 13.2 Å². The summed E-state index contributed by atoms with van der Waals surface area (Å²) in [7, 11) is 0. The molecule has 1 aliphatic rings. The van der Waals surface area contributed by atoms with Gasteiger partial charge in [0.25, 0.3) is 0 Å². The molecule has 0 saturated heterocycles. The van der Waals surface area contributed by atoms with E-state index in [1.54, 1.807) is 24.4 Å². The van der Waals surface area contributed by atoms with E-state index < -0.39 is 11.7 Å². The third-order valence-corrected chi connectivity index (χ3v) is 3.66. The lowest BCUT2D eigenvalue weighted by molar-refractivity contribution is -0.137. The summed E-state index contributed by atoms with van der Waals surface area (Å²) < 4.78 is 38.4. The van der Waals surface area contributed by atoms with Crippen LogP contribution in [-0.4, -0.2) is 17.8 Å². The standard InChI is InChI=1S/C17H21F3N4O/c1-2-13(10-25)23-15(21)6-7-16-22-9-14(24-16)11-4-3-5-12(8-11)17(18,19)20/h3-9,13,22-25H,2,10,21H2,1H3/b15-6+,16-7-. The lowest BCUT2D eigenvalue weighted by Crippen LogP contribution is -2.34. The summed E-state index contributed by atoms with van der Waals surface area (Å²) in [5, 5.41) is 18.0. The number of allylic oxidation sites excluding steroid dienone is 2. The summed E-state index contributed by atoms with van der Waals surface area (Å²) in [6.07, 6.45) is 1.19. The van der Waals surface area contributed by atoms with Crippen LogP contribution in [0.25, 0.3) is 5.70 Å². The zero-order valence-electron chi connectivity index (χ0n) is 13.7. The third kappa shape index (κ3) is 5.18. The molecular formula is C17H21F3N4O. The third-order valence-electron chi connectivity index (χ3n) is 3.66. The van der Waals surface area contributed by atoms with Crippen LogP contribution in [0.2, 0.25) is 0 Å². The Hall–Kier alpha value is -2.61. The molecule has 0 aliphatic carbocycles. The molecule has 0 bridgehead atoms. The fourth-order valence-corrected chi connectivity index (χ4v) is 2.21. The van der Waals surface area contributed by atoms with E-state index in [1.807, 2.05) is 6.92 Å². The van der Waals surface area contributed by atoms with Gasteiger partial charge < -0.3 is 26.8 Å². The Labute approximate surface area is 144 Å². The molecule has 1 atom stereocenters. The molecule has 136 valence electrons. The van der Waals surface area contributed by atoms with E-state index in [-0.39, 0.29) is 12.6 Å². The van der Waals surface area contributed by atoms with Crippen LogP contribution in [0.3, 0.4) is 0 Å². The Morgan fingerprint density at radius 3 is 2.80 bits per heavy atom. The number of halogens is 3. The predicted molar refractivity (Wildman–Crippen MR) is 90.3 cm³/mol. The van der Waals surface area contributed by atoms with Crippen LogP contribution in [0.5, 0.6) is 0 Å². The van der Waals surface area contributed by atoms with Gasteiger partial charge in [-0.1, -0.05) is 19.1 Å². The quantitative estimate of drug-likeness (QED) is 0.541. The van der Waals surface area contributed by atoms with Crippen LogP contribution in [0.15, 0.2) is 54.3 Å². The Bertz CT molecular complexity index is 691. The average molecular weight is 354 g/mol. The lowest BCUT2D eigenvalue weighted by Gasteiger charge is -2.15. The van der Waals surface area contributed by atoms with E-state index in [4.69, 9.17) is 10.8 Å². The highest BCUT2D eigenvalue weighted by Gasteiger charge is 2.30. The summed E-state index contributed by atoms with van der Waals surface area (Å²) in [6.45, 7) is 1.89. The van der Waals surface area contributed by atoms with Crippen molar-refractivity contribution in [3.05, 3.63) is 65.4 Å². The van der Waals surface area contributed by atoms with Gasteiger partial charge in [-0.15, -0.1) is 0 Å². The first-order chi connectivity index (χ1) is 11.8. The maximum absolute atomic E-state index is 12.8. The molecule has 0 saturated carbocycles. The second-order valence-electron chi connectivity index (χ2n) is 5.54. The van der Waals surface area contributed by atoms with Crippen molar-refractivity contribution in [3.8, 4) is 0 Å². The first kappa shape index (κ1) is 18.7. The fourth-order valence-electron chi connectivity index (χ4n) is 2.21. The highest BCUT2D eigenvalue weighted by Crippen LogP contribution is 2.31. The van der Waals surface area contributed by atoms with Gasteiger partial charge >= 0.3 is 6.18 Å². The maximum atomic E-state index is 12.8. The van der Waals surface area contributed by atoms with Crippen molar-refractivity contribution in [2.75, 3.05) is 6.61 Å². The van der Waals surface area contributed by atoms with Crippen molar-refractivity contribution in [2.24, 2.45) is 5.73 Å². The van der Waals surface area contributed by atoms with Gasteiger partial charge in [0.1, 0.15) is 5.82 Å². The molecule has 0 aromatic heterocycles. The molecule has 1 unspecified atom stereocenters. The minimum absolute atomic E-state index is 0.0284. The molecule has 0 amide bonds. The molecule has 5 nitrogen and oxygen atoms in total. The first-order valence-corrected chi connectivity index (χ1v) is 7.79. The van der Waals surface area contributed by atoms with E-state index in [1.165, 1.54) is 6.07 Å². The van der Waals surface area contributed by atoms with E-state index >= 15 is 0 Å². The molecule has 1 aliphatic heterocycles. The first-order valence-electron chi connectivity index (χ1n) is 7.79. The van der Waals surface area contributed by atoms with Crippen LogP contribution in [0, 0.1) is 0 Å². The van der Waals surface area contributed by atoms with Crippen molar-refractivity contribution < 1.29 is 18.3 Å². The SMILES string of the molecule is CCC(CO)N/C(N)=C/C=C1/NC=C(c2cccc(C(F)(F)F)c2)N1. The van der Waals surface area contributed by atoms with Crippen LogP contribution in [-0.2, 0) is 6.18 Å². The zero-order valence-corrected chi connectivity index (χ0v) is 13.7. The number of aliphatic hydroxyl groups is 1. The van der Waals surface area contributed by atoms with Gasteiger partial charge in [-0.25, -0.2) is 0 Å². The summed E-state index contributed by atoms with van der Waals surface area (Å²) in [4.78, 5) is 0. The Kier molecular flexibility index (Phi) is 5.97. The summed E-state index contributed by atoms with van der Waals surface area (Å²) >= 11 is 0. The van der Waals surface area contributed by atoms with E-state index in [0.717, 1.165) is 18.6 Å². The van der Waals surface area contributed by atoms with Crippen molar-refractivity contribution in [3.63, 3.8) is 0 Å². The lowest BCUT2D eigenvalue weighted by atomic mass is 10.1. The van der Waals surface area contributed by atoms with Crippen molar-refractivity contribution in [2.45, 2.75) is 25.6 Å². The van der Waals surface area contributed by atoms with Gasteiger partial charge in [-0.2, -0.15) is 13.2 Å². The predicted octanol–water partition coefficient (Wildman–Crippen LogP) is 2.20. The molecule has 25 heavy (non-hydrogen) atoms. The molecule has 2 rings (SSSR count). The maximum Gasteiger partial charge on any atom is 0.416 e. The number of aliphatic hydroxyl groups excluding tert-OH is 1. The fraction of sp³-hybridized carbons (Fsp3) is 0.294. The van der Waals surface area contributed by atoms with Gasteiger partial charge in [0.15, 0.2) is 0 Å². The molecule has 0 radical (unpaired) electrons. The Morgan fingerprint density at radius 1 is 1.40 bits per heavy atom. The molecule has 6 N–H and O–H groups in total. The van der Waals surface area contributed by atoms with E-state index in [0.29, 0.717) is 22.9 Å². The van der Waals surface area contributed by atoms with Crippen LogP contribution >= 0.6 is 0 Å². The molecule has 1 heterocycles. The molecule has 0 fully saturated rings. The number of benzene rings is 1. The van der Waals surface area contributed by atoms with E-state index in [9.17, 15) is 13.2 Å². The number of rotatable bonds is 6. The number of hydrogen-bond donors (Lipinski definition) is 5. The molecule has 1 aromatic rings. The van der Waals surface area contributed by atoms with Crippen molar-refractivity contribution >= 4 is 5.70 Å². The van der Waals surface area contributed by atoms with Crippen LogP contribution < -0.4 is 21.7 Å². The largest absolute Gasteiger partial charge is 0.416 e. The second-order valence-corrected chi connectivity index (χ2v) is 5.54. The summed E-state index contributed by atoms with van der Waals surface area (Å²) in [6, 6.07) is 4.95. The van der Waals surface area contributed by atoms with Gasteiger partial charge in [0, 0.05) is 11.8 Å². The number of alkyl halides is 3. The van der Waals surface area contributed by atoms with Crippen LogP contribution in [0.1, 0.15) is 24.5 Å². The zero-order chi connectivity index (χ0) is 18.4. The molecule has 0 spiro atoms. The van der Waals surface area contributed by atoms with Gasteiger partial charge in [0.05, 0.1) is 29.7 Å². The number of nitrogens with two attached hydrogens (primary N) is 1. The Morgan fingerprint density at radius 2 is 2.16 bits per heavy atom. The van der Waals surface area contributed by atoms with Crippen molar-refractivity contribution in [1.29, 1.82) is 0 Å². The van der Waals surface area contributed by atoms with E-state index in [2.05, 4.69) is 16.0 Å². The Balaban J connectivity index is 2.03. The monoisotopic (exact) mass is 354 g/mol. The van der Waals surface area contributed by atoms with Gasteiger partial charge in [0.2, 0.25) is 0 Å². The molecule has 1 aromatic carbocycles.